The van der Waals surface area contributed by atoms with Gasteiger partial charge in [-0.3, -0.25) is 24.3 Å². The molecule has 0 saturated carbocycles. The van der Waals surface area contributed by atoms with Gasteiger partial charge in [0.2, 0.25) is 5.91 Å². The number of aromatic nitrogens is 2. The molecule has 0 aromatic carbocycles. The van der Waals surface area contributed by atoms with Gasteiger partial charge in [0.25, 0.3) is 11.1 Å². The van der Waals surface area contributed by atoms with Crippen LogP contribution in [-0.4, -0.2) is 33.3 Å². The lowest BCUT2D eigenvalue weighted by molar-refractivity contribution is -0.138. The van der Waals surface area contributed by atoms with Crippen LogP contribution in [0, 0.1) is 5.92 Å². The van der Waals surface area contributed by atoms with E-state index in [1.54, 1.807) is 0 Å². The van der Waals surface area contributed by atoms with Crippen LogP contribution in [0.4, 0.5) is 0 Å². The number of carboxylic acids is 1. The van der Waals surface area contributed by atoms with Crippen molar-refractivity contribution in [3.8, 4) is 0 Å². The van der Waals surface area contributed by atoms with Crippen LogP contribution in [-0.2, 0) is 16.1 Å². The second-order valence-electron chi connectivity index (χ2n) is 4.41. The van der Waals surface area contributed by atoms with E-state index in [1.165, 1.54) is 0 Å². The van der Waals surface area contributed by atoms with Crippen LogP contribution in [0.2, 0.25) is 0 Å². The van der Waals surface area contributed by atoms with Crippen LogP contribution < -0.4 is 16.4 Å². The zero-order valence-electron chi connectivity index (χ0n) is 11.1. The molecule has 0 aliphatic heterocycles. The molecule has 8 nitrogen and oxygen atoms in total. The van der Waals surface area contributed by atoms with E-state index in [2.05, 4.69) is 10.4 Å². The van der Waals surface area contributed by atoms with Crippen molar-refractivity contribution in [2.45, 2.75) is 26.3 Å². The monoisotopic (exact) mass is 283 g/mol. The molecule has 1 atom stereocenters. The van der Waals surface area contributed by atoms with Crippen molar-refractivity contribution < 1.29 is 14.7 Å². The van der Waals surface area contributed by atoms with Crippen molar-refractivity contribution in [2.24, 2.45) is 5.92 Å². The highest BCUT2D eigenvalue weighted by Gasteiger charge is 2.13. The molecule has 1 aromatic rings. The Bertz CT molecular complexity index is 589. The number of rotatable bonds is 7. The minimum atomic E-state index is -0.922. The maximum absolute atomic E-state index is 11.6. The summed E-state index contributed by atoms with van der Waals surface area (Å²) in [6, 6.07) is 2.15. The summed E-state index contributed by atoms with van der Waals surface area (Å²) in [5, 5.41) is 13.5. The van der Waals surface area contributed by atoms with Crippen molar-refractivity contribution in [2.75, 3.05) is 6.54 Å². The number of aliphatic carboxylic acids is 1. The molecule has 110 valence electrons. The molecule has 8 heteroatoms. The van der Waals surface area contributed by atoms with Crippen LogP contribution in [0.3, 0.4) is 0 Å². The summed E-state index contributed by atoms with van der Waals surface area (Å²) in [7, 11) is 0. The average Bonchev–Trinajstić information content (AvgIpc) is 2.38. The van der Waals surface area contributed by atoms with Gasteiger partial charge in [-0.05, 0) is 5.92 Å². The fourth-order valence-electron chi connectivity index (χ4n) is 1.65. The number of hydrogen-bond acceptors (Lipinski definition) is 4. The molecule has 0 bridgehead atoms. The molecule has 20 heavy (non-hydrogen) atoms. The zero-order valence-corrected chi connectivity index (χ0v) is 11.1. The van der Waals surface area contributed by atoms with Gasteiger partial charge in [-0.25, -0.2) is 4.68 Å². The Kier molecular flexibility index (Phi) is 5.70. The largest absolute Gasteiger partial charge is 0.481 e. The molecule has 1 aromatic heterocycles. The van der Waals surface area contributed by atoms with Crippen LogP contribution in [0.15, 0.2) is 21.7 Å². The SMILES string of the molecule is CCC(CNC(=O)Cn1[nH]c(=O)ccc1=O)CC(=O)O. The van der Waals surface area contributed by atoms with E-state index in [-0.39, 0.29) is 25.4 Å². The van der Waals surface area contributed by atoms with Crippen molar-refractivity contribution in [1.82, 2.24) is 15.1 Å². The van der Waals surface area contributed by atoms with Crippen LogP contribution in [0.5, 0.6) is 0 Å². The van der Waals surface area contributed by atoms with E-state index in [0.29, 0.717) is 6.42 Å². The quantitative estimate of drug-likeness (QED) is 0.602. The molecule has 0 fully saturated rings. The fourth-order valence-corrected chi connectivity index (χ4v) is 1.65. The number of carbonyl (C=O) groups excluding carboxylic acids is 1. The molecule has 0 aliphatic rings. The minimum Gasteiger partial charge on any atom is -0.481 e. The van der Waals surface area contributed by atoms with Gasteiger partial charge in [0, 0.05) is 25.1 Å². The van der Waals surface area contributed by atoms with Gasteiger partial charge in [0.15, 0.2) is 0 Å². The first-order valence-electron chi connectivity index (χ1n) is 6.21. The first-order valence-corrected chi connectivity index (χ1v) is 6.21. The highest BCUT2D eigenvalue weighted by molar-refractivity contribution is 5.75. The van der Waals surface area contributed by atoms with Crippen molar-refractivity contribution >= 4 is 11.9 Å². The molecular weight excluding hydrogens is 266 g/mol. The maximum atomic E-state index is 11.6. The van der Waals surface area contributed by atoms with Gasteiger partial charge >= 0.3 is 5.97 Å². The van der Waals surface area contributed by atoms with Crippen molar-refractivity contribution in [1.29, 1.82) is 0 Å². The van der Waals surface area contributed by atoms with Crippen molar-refractivity contribution in [3.05, 3.63) is 32.8 Å². The topological polar surface area (TPSA) is 121 Å². The predicted octanol–water partition coefficient (Wildman–Crippen LogP) is -0.846. The fraction of sp³-hybridized carbons (Fsp3) is 0.500. The molecule has 0 saturated heterocycles. The van der Waals surface area contributed by atoms with Crippen molar-refractivity contribution in [3.63, 3.8) is 0 Å². The highest BCUT2D eigenvalue weighted by atomic mass is 16.4. The lowest BCUT2D eigenvalue weighted by Crippen LogP contribution is -2.37. The van der Waals surface area contributed by atoms with Gasteiger partial charge in [0.05, 0.1) is 0 Å². The van der Waals surface area contributed by atoms with E-state index < -0.39 is 23.0 Å². The molecule has 0 aliphatic carbocycles. The minimum absolute atomic E-state index is 0.0289. The summed E-state index contributed by atoms with van der Waals surface area (Å²) < 4.78 is 0.899. The second-order valence-corrected chi connectivity index (χ2v) is 4.41. The molecular formula is C12H17N3O5. The van der Waals surface area contributed by atoms with Crippen LogP contribution in [0.1, 0.15) is 19.8 Å². The first kappa shape index (κ1) is 15.7. The average molecular weight is 283 g/mol. The number of H-pyrrole nitrogens is 1. The molecule has 0 radical (unpaired) electrons. The molecule has 1 rings (SSSR count). The number of carbonyl (C=O) groups is 2. The third-order valence-electron chi connectivity index (χ3n) is 2.82. The van der Waals surface area contributed by atoms with Gasteiger partial charge in [-0.15, -0.1) is 0 Å². The summed E-state index contributed by atoms with van der Waals surface area (Å²) in [6.07, 6.45) is 0.591. The lowest BCUT2D eigenvalue weighted by Gasteiger charge is -2.13. The normalized spacial score (nSPS) is 11.8. The molecule has 3 N–H and O–H groups in total. The maximum Gasteiger partial charge on any atom is 0.303 e. The van der Waals surface area contributed by atoms with E-state index in [1.807, 2.05) is 6.92 Å². The highest BCUT2D eigenvalue weighted by Crippen LogP contribution is 2.06. The van der Waals surface area contributed by atoms with E-state index in [9.17, 15) is 19.2 Å². The van der Waals surface area contributed by atoms with Gasteiger partial charge in [0.1, 0.15) is 6.54 Å². The third-order valence-corrected chi connectivity index (χ3v) is 2.82. The summed E-state index contributed by atoms with van der Waals surface area (Å²) in [6.45, 7) is 1.74. The van der Waals surface area contributed by atoms with E-state index >= 15 is 0 Å². The Morgan fingerprint density at radius 1 is 1.40 bits per heavy atom. The number of carboxylic acid groups (broad SMARTS) is 1. The number of amides is 1. The molecule has 1 heterocycles. The molecule has 1 amide bonds. The Morgan fingerprint density at radius 2 is 2.10 bits per heavy atom. The Labute approximate surface area is 114 Å². The van der Waals surface area contributed by atoms with E-state index in [4.69, 9.17) is 5.11 Å². The summed E-state index contributed by atoms with van der Waals surface area (Å²) in [4.78, 5) is 44.7. The van der Waals surface area contributed by atoms with Gasteiger partial charge < -0.3 is 10.4 Å². The Balaban J connectivity index is 2.55. The predicted molar refractivity (Wildman–Crippen MR) is 70.4 cm³/mol. The number of nitrogens with zero attached hydrogens (tertiary/aromatic N) is 1. The van der Waals surface area contributed by atoms with Crippen LogP contribution in [0.25, 0.3) is 0 Å². The first-order chi connectivity index (χ1) is 9.42. The third kappa shape index (κ3) is 5.09. The van der Waals surface area contributed by atoms with Crippen LogP contribution >= 0.6 is 0 Å². The standard InChI is InChI=1S/C12H17N3O5/c1-2-8(5-12(19)20)6-13-10(17)7-15-11(18)4-3-9(16)14-15/h3-4,8H,2,5-7H2,1H3,(H,13,17)(H,14,16)(H,19,20). The number of hydrogen-bond donors (Lipinski definition) is 3. The Morgan fingerprint density at radius 3 is 2.70 bits per heavy atom. The van der Waals surface area contributed by atoms with Gasteiger partial charge in [-0.2, -0.15) is 0 Å². The summed E-state index contributed by atoms with van der Waals surface area (Å²) in [5.74, 6) is -1.55. The summed E-state index contributed by atoms with van der Waals surface area (Å²) in [5.41, 5.74) is -0.966. The Hall–Kier alpha value is -2.38. The zero-order chi connectivity index (χ0) is 15.1. The number of aromatic amines is 1. The molecule has 0 spiro atoms. The summed E-state index contributed by atoms with van der Waals surface area (Å²) >= 11 is 0. The van der Waals surface area contributed by atoms with Gasteiger partial charge in [-0.1, -0.05) is 13.3 Å². The van der Waals surface area contributed by atoms with E-state index in [0.717, 1.165) is 16.8 Å². The number of nitrogens with one attached hydrogen (secondary N) is 2. The second kappa shape index (κ2) is 7.27. The molecule has 1 unspecified atom stereocenters. The lowest BCUT2D eigenvalue weighted by atomic mass is 10.0. The smallest absolute Gasteiger partial charge is 0.303 e.